The molecule has 0 aliphatic carbocycles. The molecule has 0 aromatic carbocycles. The summed E-state index contributed by atoms with van der Waals surface area (Å²) in [6.07, 6.45) is -0.359. The summed E-state index contributed by atoms with van der Waals surface area (Å²) in [5.41, 5.74) is -0.411. The number of carboxylic acid groups (broad SMARTS) is 1. The summed E-state index contributed by atoms with van der Waals surface area (Å²) < 4.78 is 14.0. The topological polar surface area (TPSA) is 71.7 Å². The second kappa shape index (κ2) is 3.73. The Hall–Kier alpha value is -2.24. The Morgan fingerprint density at radius 1 is 1.50 bits per heavy atom. The highest BCUT2D eigenvalue weighted by atomic mass is 19.1. The first-order valence-corrected chi connectivity index (χ1v) is 4.47. The van der Waals surface area contributed by atoms with Crippen molar-refractivity contribution in [3.8, 4) is 0 Å². The first kappa shape index (κ1) is 10.3. The zero-order chi connectivity index (χ0) is 11.7. The van der Waals surface area contributed by atoms with Gasteiger partial charge in [0.1, 0.15) is 5.65 Å². The second-order valence-corrected chi connectivity index (χ2v) is 3.20. The molecule has 1 N–H and O–H groups in total. The molecule has 2 aromatic heterocycles. The third-order valence-electron chi connectivity index (χ3n) is 2.02. The van der Waals surface area contributed by atoms with Gasteiger partial charge in [0.05, 0.1) is 12.1 Å². The molecule has 0 unspecified atom stereocenters. The molecule has 2 heterocycles. The van der Waals surface area contributed by atoms with Crippen LogP contribution in [0.25, 0.3) is 5.65 Å². The smallest absolute Gasteiger partial charge is 0.309 e. The molecule has 0 amide bonds. The molecular weight excluding hydrogens is 215 g/mol. The van der Waals surface area contributed by atoms with Gasteiger partial charge in [0, 0.05) is 6.07 Å². The van der Waals surface area contributed by atoms with Gasteiger partial charge in [0.25, 0.3) is 5.56 Å². The summed E-state index contributed by atoms with van der Waals surface area (Å²) in [5, 5.41) is 8.56. The van der Waals surface area contributed by atoms with E-state index in [4.69, 9.17) is 5.11 Å². The van der Waals surface area contributed by atoms with Crippen molar-refractivity contribution in [2.45, 2.75) is 6.42 Å². The maximum atomic E-state index is 13.2. The molecule has 2 aromatic rings. The lowest BCUT2D eigenvalue weighted by molar-refractivity contribution is -0.136. The van der Waals surface area contributed by atoms with E-state index in [9.17, 15) is 14.0 Å². The van der Waals surface area contributed by atoms with Gasteiger partial charge in [-0.3, -0.25) is 9.59 Å². The van der Waals surface area contributed by atoms with Crippen LogP contribution < -0.4 is 5.56 Å². The van der Waals surface area contributed by atoms with Gasteiger partial charge in [0.2, 0.25) is 5.95 Å². The minimum Gasteiger partial charge on any atom is -0.481 e. The summed E-state index contributed by atoms with van der Waals surface area (Å²) in [5.74, 6) is -1.82. The number of hydrogen-bond donors (Lipinski definition) is 1. The van der Waals surface area contributed by atoms with Crippen LogP contribution in [0.4, 0.5) is 4.39 Å². The minimum absolute atomic E-state index is 0.101. The van der Waals surface area contributed by atoms with Crippen LogP contribution in [0.1, 0.15) is 5.69 Å². The SMILES string of the molecule is O=C(O)Cc1cc(=O)n2c(F)cccc2n1. The van der Waals surface area contributed by atoms with Gasteiger partial charge < -0.3 is 5.11 Å². The van der Waals surface area contributed by atoms with Crippen LogP contribution in [0, 0.1) is 5.95 Å². The predicted octanol–water partition coefficient (Wildman–Crippen LogP) is 0.461. The van der Waals surface area contributed by atoms with Gasteiger partial charge in [-0.25, -0.2) is 9.38 Å². The number of halogens is 1. The van der Waals surface area contributed by atoms with Crippen molar-refractivity contribution in [1.29, 1.82) is 0 Å². The fourth-order valence-corrected chi connectivity index (χ4v) is 1.41. The first-order valence-electron chi connectivity index (χ1n) is 4.47. The van der Waals surface area contributed by atoms with E-state index >= 15 is 0 Å². The van der Waals surface area contributed by atoms with Crippen molar-refractivity contribution < 1.29 is 14.3 Å². The fourth-order valence-electron chi connectivity index (χ4n) is 1.41. The van der Waals surface area contributed by atoms with E-state index in [0.717, 1.165) is 16.5 Å². The molecule has 16 heavy (non-hydrogen) atoms. The molecule has 5 nitrogen and oxygen atoms in total. The standard InChI is InChI=1S/C10H7FN2O3/c11-7-2-1-3-8-12-6(5-10(15)16)4-9(14)13(7)8/h1-4H,5H2,(H,15,16). The average molecular weight is 222 g/mol. The summed E-state index contributed by atoms with van der Waals surface area (Å²) in [4.78, 5) is 25.8. The van der Waals surface area contributed by atoms with Crippen LogP contribution in [-0.2, 0) is 11.2 Å². The summed E-state index contributed by atoms with van der Waals surface area (Å²) in [7, 11) is 0. The first-order chi connectivity index (χ1) is 7.58. The van der Waals surface area contributed by atoms with Crippen LogP contribution in [0.15, 0.2) is 29.1 Å². The molecule has 0 fully saturated rings. The van der Waals surface area contributed by atoms with E-state index in [0.29, 0.717) is 0 Å². The Balaban J connectivity index is 2.69. The molecule has 0 saturated heterocycles. The van der Waals surface area contributed by atoms with E-state index in [-0.39, 0.29) is 17.8 Å². The van der Waals surface area contributed by atoms with Gasteiger partial charge in [-0.2, -0.15) is 4.39 Å². The van der Waals surface area contributed by atoms with E-state index in [2.05, 4.69) is 4.98 Å². The van der Waals surface area contributed by atoms with Crippen molar-refractivity contribution in [2.24, 2.45) is 0 Å². The maximum absolute atomic E-state index is 13.2. The Labute approximate surface area is 88.8 Å². The molecule has 82 valence electrons. The number of fused-ring (bicyclic) bond motifs is 1. The summed E-state index contributed by atoms with van der Waals surface area (Å²) in [6, 6.07) is 4.99. The van der Waals surface area contributed by atoms with Gasteiger partial charge in [-0.15, -0.1) is 0 Å². The lowest BCUT2D eigenvalue weighted by Gasteiger charge is -2.02. The van der Waals surface area contributed by atoms with E-state index < -0.39 is 17.5 Å². The number of carboxylic acids is 1. The number of pyridine rings is 1. The van der Waals surface area contributed by atoms with Crippen LogP contribution >= 0.6 is 0 Å². The summed E-state index contributed by atoms with van der Waals surface area (Å²) in [6.45, 7) is 0. The van der Waals surface area contributed by atoms with Gasteiger partial charge >= 0.3 is 5.97 Å². The van der Waals surface area contributed by atoms with Gasteiger partial charge in [0.15, 0.2) is 0 Å². The Morgan fingerprint density at radius 2 is 2.25 bits per heavy atom. The van der Waals surface area contributed by atoms with Crippen molar-refractivity contribution in [3.05, 3.63) is 46.3 Å². The molecule has 0 aliphatic rings. The lowest BCUT2D eigenvalue weighted by Crippen LogP contribution is -2.19. The highest BCUT2D eigenvalue weighted by Crippen LogP contribution is 2.02. The van der Waals surface area contributed by atoms with Crippen LogP contribution in [0.2, 0.25) is 0 Å². The van der Waals surface area contributed by atoms with Crippen molar-refractivity contribution >= 4 is 11.6 Å². The van der Waals surface area contributed by atoms with Gasteiger partial charge in [-0.05, 0) is 12.1 Å². The van der Waals surface area contributed by atoms with Crippen LogP contribution in [0.5, 0.6) is 0 Å². The lowest BCUT2D eigenvalue weighted by atomic mass is 10.3. The predicted molar refractivity (Wildman–Crippen MR) is 52.8 cm³/mol. The number of rotatable bonds is 2. The number of aliphatic carboxylic acids is 1. The van der Waals surface area contributed by atoms with Crippen LogP contribution in [0.3, 0.4) is 0 Å². The zero-order valence-corrected chi connectivity index (χ0v) is 8.05. The third kappa shape index (κ3) is 1.77. The normalized spacial score (nSPS) is 10.6. The highest BCUT2D eigenvalue weighted by Gasteiger charge is 2.08. The third-order valence-corrected chi connectivity index (χ3v) is 2.02. The number of aromatic nitrogens is 2. The molecule has 2 rings (SSSR count). The average Bonchev–Trinajstić information content (AvgIpc) is 2.15. The van der Waals surface area contributed by atoms with E-state index in [1.165, 1.54) is 12.1 Å². The summed E-state index contributed by atoms with van der Waals surface area (Å²) >= 11 is 0. The second-order valence-electron chi connectivity index (χ2n) is 3.20. The Bertz CT molecular complexity index is 621. The quantitative estimate of drug-likeness (QED) is 0.749. The number of nitrogens with zero attached hydrogens (tertiary/aromatic N) is 2. The molecule has 0 radical (unpaired) electrons. The molecule has 0 atom stereocenters. The minimum atomic E-state index is -1.09. The van der Waals surface area contributed by atoms with E-state index in [1.807, 2.05) is 0 Å². The van der Waals surface area contributed by atoms with Crippen molar-refractivity contribution in [3.63, 3.8) is 0 Å². The van der Waals surface area contributed by atoms with E-state index in [1.54, 1.807) is 0 Å². The van der Waals surface area contributed by atoms with Crippen LogP contribution in [-0.4, -0.2) is 20.5 Å². The largest absolute Gasteiger partial charge is 0.481 e. The highest BCUT2D eigenvalue weighted by molar-refractivity contribution is 5.69. The monoisotopic (exact) mass is 222 g/mol. The molecule has 0 spiro atoms. The molecule has 6 heteroatoms. The molecule has 0 bridgehead atoms. The fraction of sp³-hybridized carbons (Fsp3) is 0.100. The number of hydrogen-bond acceptors (Lipinski definition) is 3. The number of carbonyl (C=O) groups is 1. The molecule has 0 aliphatic heterocycles. The van der Waals surface area contributed by atoms with Crippen molar-refractivity contribution in [2.75, 3.05) is 0 Å². The Kier molecular flexibility index (Phi) is 2.40. The van der Waals surface area contributed by atoms with Gasteiger partial charge in [-0.1, -0.05) is 6.07 Å². The molecular formula is C10H7FN2O3. The Morgan fingerprint density at radius 3 is 2.94 bits per heavy atom. The van der Waals surface area contributed by atoms with Crippen molar-refractivity contribution in [1.82, 2.24) is 9.38 Å². The molecule has 0 saturated carbocycles. The maximum Gasteiger partial charge on any atom is 0.309 e. The zero-order valence-electron chi connectivity index (χ0n) is 8.05.